The molecule has 0 saturated heterocycles. The highest BCUT2D eigenvalue weighted by molar-refractivity contribution is 5.56. The zero-order valence-electron chi connectivity index (χ0n) is 28.3. The van der Waals surface area contributed by atoms with Crippen LogP contribution in [0.2, 0.25) is 0 Å². The van der Waals surface area contributed by atoms with Crippen LogP contribution in [0.25, 0.3) is 0 Å². The van der Waals surface area contributed by atoms with Crippen molar-refractivity contribution in [3.05, 3.63) is 177 Å². The summed E-state index contributed by atoms with van der Waals surface area (Å²) >= 11 is 0. The van der Waals surface area contributed by atoms with E-state index >= 15 is 0 Å². The Balaban J connectivity index is 1.35. The number of phenolic OH excluding ortho intramolecular Hbond substituents is 2. The average Bonchev–Trinajstić information content (AvgIpc) is 3.14. The smallest absolute Gasteiger partial charge is 0.125 e. The fraction of sp³-hybridized carbons (Fsp3) is 0.182. The molecule has 6 nitrogen and oxygen atoms in total. The summed E-state index contributed by atoms with van der Waals surface area (Å²) in [4.78, 5) is 0. The van der Waals surface area contributed by atoms with Crippen molar-refractivity contribution >= 4 is 0 Å². The fourth-order valence-electron chi connectivity index (χ4n) is 6.91. The summed E-state index contributed by atoms with van der Waals surface area (Å²) in [5.74, 6) is 3.50. The summed E-state index contributed by atoms with van der Waals surface area (Å²) in [5, 5.41) is 23.6. The van der Waals surface area contributed by atoms with Crippen molar-refractivity contribution in [1.82, 2.24) is 0 Å². The lowest BCUT2D eigenvalue weighted by atomic mass is 9.90. The maximum Gasteiger partial charge on any atom is 0.125 e. The molecule has 0 spiro atoms. The number of rotatable bonds is 8. The van der Waals surface area contributed by atoms with Crippen molar-refractivity contribution in [3.63, 3.8) is 0 Å². The summed E-state index contributed by atoms with van der Waals surface area (Å²) < 4.78 is 24.4. The number of phenols is 2. The van der Waals surface area contributed by atoms with Gasteiger partial charge in [0.2, 0.25) is 0 Å². The van der Waals surface area contributed by atoms with Crippen molar-refractivity contribution in [1.29, 1.82) is 0 Å². The topological polar surface area (TPSA) is 77.4 Å². The van der Waals surface area contributed by atoms with Crippen LogP contribution in [0.4, 0.5) is 0 Å². The van der Waals surface area contributed by atoms with Gasteiger partial charge in [-0.05, 0) is 104 Å². The van der Waals surface area contributed by atoms with Gasteiger partial charge in [-0.25, -0.2) is 0 Å². The average molecular weight is 665 g/mol. The number of aromatic hydroxyl groups is 2. The Hall–Kier alpha value is -5.88. The Kier molecular flexibility index (Phi) is 9.61. The molecule has 2 N–H and O–H groups in total. The van der Waals surface area contributed by atoms with Gasteiger partial charge in [0.25, 0.3) is 0 Å². The molecule has 0 heterocycles. The molecule has 6 aromatic carbocycles. The van der Waals surface area contributed by atoms with Gasteiger partial charge in [0.05, 0.1) is 14.2 Å². The molecule has 0 unspecified atom stereocenters. The number of fused-ring (bicyclic) bond motifs is 8. The van der Waals surface area contributed by atoms with Gasteiger partial charge in [0.1, 0.15) is 47.7 Å². The van der Waals surface area contributed by atoms with Gasteiger partial charge < -0.3 is 29.2 Å². The second-order valence-corrected chi connectivity index (χ2v) is 12.7. The van der Waals surface area contributed by atoms with Gasteiger partial charge in [-0.1, -0.05) is 72.8 Å². The minimum absolute atomic E-state index is 0.242. The summed E-state index contributed by atoms with van der Waals surface area (Å²) in [6, 6.07) is 39.6. The quantitative estimate of drug-likeness (QED) is 0.169. The molecule has 8 bridgehead atoms. The first-order chi connectivity index (χ1) is 24.5. The largest absolute Gasteiger partial charge is 0.507 e. The van der Waals surface area contributed by atoms with Gasteiger partial charge in [0.15, 0.2) is 0 Å². The Bertz CT molecular complexity index is 1860. The van der Waals surface area contributed by atoms with Crippen LogP contribution in [-0.2, 0) is 38.9 Å². The van der Waals surface area contributed by atoms with E-state index in [9.17, 15) is 10.2 Å². The van der Waals surface area contributed by atoms with E-state index in [1.54, 1.807) is 14.2 Å². The highest BCUT2D eigenvalue weighted by Gasteiger charge is 2.21. The molecule has 0 atom stereocenters. The third kappa shape index (κ3) is 7.10. The summed E-state index contributed by atoms with van der Waals surface area (Å²) in [6.07, 6.45) is 1.76. The third-order valence-corrected chi connectivity index (χ3v) is 9.24. The zero-order valence-corrected chi connectivity index (χ0v) is 28.3. The van der Waals surface area contributed by atoms with E-state index in [-0.39, 0.29) is 11.5 Å². The van der Waals surface area contributed by atoms with Crippen molar-refractivity contribution in [2.45, 2.75) is 38.9 Å². The van der Waals surface area contributed by atoms with Crippen LogP contribution in [0.1, 0.15) is 55.6 Å². The van der Waals surface area contributed by atoms with Crippen molar-refractivity contribution in [2.24, 2.45) is 0 Å². The van der Waals surface area contributed by atoms with Gasteiger partial charge in [-0.2, -0.15) is 0 Å². The molecule has 7 rings (SSSR count). The van der Waals surface area contributed by atoms with Crippen LogP contribution < -0.4 is 18.9 Å². The Morgan fingerprint density at radius 1 is 0.420 bits per heavy atom. The first-order valence-electron chi connectivity index (χ1n) is 16.8. The number of para-hydroxylation sites is 4. The van der Waals surface area contributed by atoms with Gasteiger partial charge in [0, 0.05) is 25.7 Å². The number of hydrogen-bond acceptors (Lipinski definition) is 6. The monoisotopic (exact) mass is 664 g/mol. The SMILES string of the molecule is COc1c2cccc1Cc1cc(COc3ccccc3)cc(c1O)Cc1cccc(c1OC)Cc1cc(COc3ccccc3)cc(c1O)C2. The van der Waals surface area contributed by atoms with Crippen LogP contribution >= 0.6 is 0 Å². The van der Waals surface area contributed by atoms with E-state index in [4.69, 9.17) is 18.9 Å². The molecule has 6 heteroatoms. The van der Waals surface area contributed by atoms with Crippen molar-refractivity contribution in [2.75, 3.05) is 14.2 Å². The van der Waals surface area contributed by atoms with Crippen LogP contribution in [0.3, 0.4) is 0 Å². The third-order valence-electron chi connectivity index (χ3n) is 9.24. The minimum atomic E-state index is 0.242. The second kappa shape index (κ2) is 14.7. The van der Waals surface area contributed by atoms with Gasteiger partial charge >= 0.3 is 0 Å². The van der Waals surface area contributed by atoms with E-state index < -0.39 is 0 Å². The molecule has 1 aliphatic carbocycles. The van der Waals surface area contributed by atoms with Crippen LogP contribution in [0, 0.1) is 0 Å². The summed E-state index contributed by atoms with van der Waals surface area (Å²) in [5.41, 5.74) is 8.73. The molecule has 0 amide bonds. The summed E-state index contributed by atoms with van der Waals surface area (Å²) in [7, 11) is 3.34. The van der Waals surface area contributed by atoms with E-state index in [0.29, 0.717) is 38.9 Å². The molecule has 1 aliphatic rings. The van der Waals surface area contributed by atoms with Crippen LogP contribution in [0.15, 0.2) is 121 Å². The lowest BCUT2D eigenvalue weighted by Gasteiger charge is -2.20. The second-order valence-electron chi connectivity index (χ2n) is 12.7. The van der Waals surface area contributed by atoms with Crippen LogP contribution in [-0.4, -0.2) is 24.4 Å². The highest BCUT2D eigenvalue weighted by atomic mass is 16.5. The molecule has 50 heavy (non-hydrogen) atoms. The van der Waals surface area contributed by atoms with Crippen LogP contribution in [0.5, 0.6) is 34.5 Å². The first-order valence-corrected chi connectivity index (χ1v) is 16.8. The Morgan fingerprint density at radius 2 is 0.740 bits per heavy atom. The molecule has 252 valence electrons. The highest BCUT2D eigenvalue weighted by Crippen LogP contribution is 2.39. The molecule has 0 radical (unpaired) electrons. The summed E-state index contributed by atoms with van der Waals surface area (Å²) in [6.45, 7) is 0.700. The first kappa shape index (κ1) is 32.7. The van der Waals surface area contributed by atoms with E-state index in [1.807, 2.05) is 121 Å². The van der Waals surface area contributed by atoms with E-state index in [2.05, 4.69) is 0 Å². The molecule has 0 fully saturated rings. The lowest BCUT2D eigenvalue weighted by molar-refractivity contribution is 0.305. The number of methoxy groups -OCH3 is 2. The standard InChI is InChI=1S/C44H40O6/c1-47-43-31-11-9-12-32(43)24-36-20-30(28-50-40-17-7-4-8-18-40)22-38(42(36)46)26-34-14-10-13-33(44(34)48-2)25-37-21-29(19-35(23-31)41(37)45)27-49-39-15-5-3-6-16-39/h3-22,45-46H,23-28H2,1-2H3. The van der Waals surface area contributed by atoms with E-state index in [1.165, 1.54) is 0 Å². The normalized spacial score (nSPS) is 12.2. The molecule has 6 aromatic rings. The number of benzene rings is 6. The molecule has 0 saturated carbocycles. The predicted molar refractivity (Wildman–Crippen MR) is 195 cm³/mol. The zero-order chi connectivity index (χ0) is 34.5. The Labute approximate surface area is 293 Å². The van der Waals surface area contributed by atoms with Gasteiger partial charge in [-0.3, -0.25) is 0 Å². The molecule has 0 aliphatic heterocycles. The molecular formula is C44H40O6. The number of hydrogen-bond donors (Lipinski definition) is 2. The predicted octanol–water partition coefficient (Wildman–Crippen LogP) is 8.95. The maximum absolute atomic E-state index is 11.8. The lowest BCUT2D eigenvalue weighted by Crippen LogP contribution is -2.06. The maximum atomic E-state index is 11.8. The Morgan fingerprint density at radius 3 is 1.04 bits per heavy atom. The minimum Gasteiger partial charge on any atom is -0.507 e. The van der Waals surface area contributed by atoms with E-state index in [0.717, 1.165) is 78.6 Å². The van der Waals surface area contributed by atoms with Crippen molar-refractivity contribution in [3.8, 4) is 34.5 Å². The fourth-order valence-corrected chi connectivity index (χ4v) is 6.91. The van der Waals surface area contributed by atoms with Gasteiger partial charge in [-0.15, -0.1) is 0 Å². The van der Waals surface area contributed by atoms with Crippen molar-refractivity contribution < 1.29 is 29.2 Å². The molecule has 0 aromatic heterocycles. The number of ether oxygens (including phenoxy) is 4. The molecular weight excluding hydrogens is 624 g/mol.